The molecule has 7 nitrogen and oxygen atoms in total. The van der Waals surface area contributed by atoms with Gasteiger partial charge in [0.15, 0.2) is 0 Å². The summed E-state index contributed by atoms with van der Waals surface area (Å²) >= 11 is 7.10. The lowest BCUT2D eigenvalue weighted by Crippen LogP contribution is -2.35. The third-order valence-electron chi connectivity index (χ3n) is 13.0. The van der Waals surface area contributed by atoms with Crippen LogP contribution in [0.3, 0.4) is 0 Å². The van der Waals surface area contributed by atoms with Crippen molar-refractivity contribution in [2.45, 2.75) is 103 Å². The summed E-state index contributed by atoms with van der Waals surface area (Å²) in [7, 11) is 0. The van der Waals surface area contributed by atoms with Crippen LogP contribution in [0.1, 0.15) is 93.1 Å². The Hall–Kier alpha value is -4.58. The number of fused-ring (bicyclic) bond motifs is 1. The first-order chi connectivity index (χ1) is 28.2. The molecule has 3 aliphatic carbocycles. The van der Waals surface area contributed by atoms with Crippen LogP contribution in [-0.2, 0) is 17.6 Å². The van der Waals surface area contributed by atoms with Crippen molar-refractivity contribution in [2.24, 2.45) is 11.3 Å². The van der Waals surface area contributed by atoms with Gasteiger partial charge in [-0.3, -0.25) is 4.79 Å². The molecule has 0 bridgehead atoms. The second-order valence-electron chi connectivity index (χ2n) is 17.2. The lowest BCUT2D eigenvalue weighted by atomic mass is 9.92. The Bertz CT molecular complexity index is 2150. The summed E-state index contributed by atoms with van der Waals surface area (Å²) in [5, 5.41) is 13.4. The molecule has 1 N–H and O–H groups in total. The summed E-state index contributed by atoms with van der Waals surface area (Å²) in [5.41, 5.74) is 8.54. The van der Waals surface area contributed by atoms with E-state index in [0.29, 0.717) is 54.7 Å². The highest BCUT2D eigenvalue weighted by atomic mass is 35.5. The van der Waals surface area contributed by atoms with Crippen molar-refractivity contribution in [3.63, 3.8) is 0 Å². The molecule has 2 heterocycles. The SMILES string of the molecule is Cc1c(OCCCN2CCC(F)CC2)cccc1-c1cccc2c1CC[C@@H]2Oc1cc(OCC2=C/C(C#N)=C\CC/C=C\2)c(CC2(C)CC2C2CCC(=O)N2)cc1Cl. The van der Waals surface area contributed by atoms with Gasteiger partial charge >= 0.3 is 0 Å². The van der Waals surface area contributed by atoms with Gasteiger partial charge in [-0.05, 0) is 140 Å². The highest BCUT2D eigenvalue weighted by Crippen LogP contribution is 2.58. The van der Waals surface area contributed by atoms with E-state index in [2.05, 4.69) is 72.6 Å². The van der Waals surface area contributed by atoms with E-state index in [0.717, 1.165) is 110 Å². The molecule has 3 aromatic carbocycles. The van der Waals surface area contributed by atoms with Crippen LogP contribution < -0.4 is 19.5 Å². The van der Waals surface area contributed by atoms with Gasteiger partial charge in [0.2, 0.25) is 5.91 Å². The number of allylic oxidation sites excluding steroid dienone is 4. The van der Waals surface area contributed by atoms with E-state index < -0.39 is 6.17 Å². The van der Waals surface area contributed by atoms with Crippen LogP contribution in [0.4, 0.5) is 4.39 Å². The highest BCUT2D eigenvalue weighted by molar-refractivity contribution is 6.32. The van der Waals surface area contributed by atoms with Crippen LogP contribution >= 0.6 is 11.6 Å². The smallest absolute Gasteiger partial charge is 0.220 e. The Labute approximate surface area is 347 Å². The standard InChI is InChI=1S/C49H55ClFN3O4/c1-32-37(11-7-14-44(32)56-24-8-21-54-22-19-36(51)20-23-54)38-12-6-13-40-39(38)15-17-45(40)58-47-27-46(57-31-34-10-5-3-4-9-33(25-34)30-52)35(26-42(47)50)28-49(2)29-41(49)43-16-18-48(55)53-43/h5-7,9-14,25-27,36,41,43,45H,3-4,8,15-24,28-29,31H2,1-2H3,(H,53,55)/b10-5-,33-9+,34-25+/t41?,43?,45-,49?/m0/s1. The maximum absolute atomic E-state index is 13.6. The molecular formula is C49H55ClFN3O4. The zero-order chi connectivity index (χ0) is 40.2. The number of ether oxygens (including phenoxy) is 3. The molecule has 3 fully saturated rings. The molecule has 0 radical (unpaired) electrons. The lowest BCUT2D eigenvalue weighted by Gasteiger charge is -2.28. The number of hydrogen-bond donors (Lipinski definition) is 1. The van der Waals surface area contributed by atoms with Crippen molar-refractivity contribution in [1.82, 2.24) is 10.2 Å². The second-order valence-corrected chi connectivity index (χ2v) is 17.6. The number of nitriles is 1. The van der Waals surface area contributed by atoms with E-state index in [1.807, 2.05) is 30.4 Å². The number of rotatable bonds is 14. The van der Waals surface area contributed by atoms with Gasteiger partial charge in [0.25, 0.3) is 0 Å². The molecule has 3 aromatic rings. The van der Waals surface area contributed by atoms with E-state index >= 15 is 0 Å². The number of hydrogen-bond acceptors (Lipinski definition) is 6. The van der Waals surface area contributed by atoms with Crippen LogP contribution in [0, 0.1) is 29.6 Å². The molecule has 5 aliphatic rings. The zero-order valence-corrected chi connectivity index (χ0v) is 34.6. The predicted molar refractivity (Wildman–Crippen MR) is 227 cm³/mol. The number of nitrogens with zero attached hydrogens (tertiary/aromatic N) is 2. The molecule has 2 saturated heterocycles. The molecule has 58 heavy (non-hydrogen) atoms. The molecule has 0 spiro atoms. The van der Waals surface area contributed by atoms with Crippen molar-refractivity contribution in [3.05, 3.63) is 111 Å². The third-order valence-corrected chi connectivity index (χ3v) is 13.3. The Morgan fingerprint density at radius 3 is 2.64 bits per heavy atom. The zero-order valence-electron chi connectivity index (χ0n) is 33.8. The van der Waals surface area contributed by atoms with Crippen LogP contribution in [-0.4, -0.2) is 55.9 Å². The minimum Gasteiger partial charge on any atom is -0.493 e. The minimum absolute atomic E-state index is 0.0258. The first-order valence-electron chi connectivity index (χ1n) is 21.3. The van der Waals surface area contributed by atoms with Crippen molar-refractivity contribution >= 4 is 17.5 Å². The number of benzene rings is 3. The number of alkyl halides is 1. The van der Waals surface area contributed by atoms with Crippen molar-refractivity contribution in [3.8, 4) is 34.4 Å². The van der Waals surface area contributed by atoms with Gasteiger partial charge in [0.05, 0.1) is 17.7 Å². The normalized spacial score (nSPS) is 26.9. The molecule has 9 heteroatoms. The average molecular weight is 804 g/mol. The maximum atomic E-state index is 13.6. The molecule has 2 aliphatic heterocycles. The van der Waals surface area contributed by atoms with Gasteiger partial charge in [-0.2, -0.15) is 5.26 Å². The number of carbonyl (C=O) groups is 1. The predicted octanol–water partition coefficient (Wildman–Crippen LogP) is 10.5. The summed E-state index contributed by atoms with van der Waals surface area (Å²) in [6, 6.07) is 19.3. The van der Waals surface area contributed by atoms with E-state index in [1.54, 1.807) is 0 Å². The molecule has 0 aromatic heterocycles. The highest BCUT2D eigenvalue weighted by Gasteiger charge is 2.55. The Morgan fingerprint density at radius 1 is 1.00 bits per heavy atom. The molecule has 1 saturated carbocycles. The van der Waals surface area contributed by atoms with Gasteiger partial charge < -0.3 is 24.4 Å². The number of amides is 1. The minimum atomic E-state index is -0.652. The van der Waals surface area contributed by atoms with E-state index in [-0.39, 0.29) is 23.5 Å². The summed E-state index contributed by atoms with van der Waals surface area (Å²) in [5.74, 6) is 2.77. The van der Waals surface area contributed by atoms with Crippen LogP contribution in [0.5, 0.6) is 17.2 Å². The van der Waals surface area contributed by atoms with Crippen LogP contribution in [0.2, 0.25) is 5.02 Å². The fraction of sp³-hybridized carbons (Fsp3) is 0.469. The van der Waals surface area contributed by atoms with Crippen LogP contribution in [0.15, 0.2) is 84.0 Å². The molecule has 8 rings (SSSR count). The average Bonchev–Trinajstić information content (AvgIpc) is 3.45. The largest absolute Gasteiger partial charge is 0.493 e. The first kappa shape index (κ1) is 40.2. The molecule has 3 unspecified atom stereocenters. The molecular weight excluding hydrogens is 749 g/mol. The van der Waals surface area contributed by atoms with Gasteiger partial charge in [0.1, 0.15) is 36.1 Å². The van der Waals surface area contributed by atoms with Gasteiger partial charge in [-0.15, -0.1) is 0 Å². The summed E-state index contributed by atoms with van der Waals surface area (Å²) in [6.07, 6.45) is 16.1. The fourth-order valence-corrected chi connectivity index (χ4v) is 9.83. The monoisotopic (exact) mass is 803 g/mol. The first-order valence-corrected chi connectivity index (χ1v) is 21.6. The maximum Gasteiger partial charge on any atom is 0.220 e. The summed E-state index contributed by atoms with van der Waals surface area (Å²) in [6.45, 7) is 7.94. The Balaban J connectivity index is 0.999. The van der Waals surface area contributed by atoms with Gasteiger partial charge in [-0.1, -0.05) is 67.1 Å². The fourth-order valence-electron chi connectivity index (χ4n) is 9.60. The topological polar surface area (TPSA) is 83.8 Å². The number of piperidine rings is 1. The van der Waals surface area contributed by atoms with Crippen molar-refractivity contribution < 1.29 is 23.4 Å². The summed E-state index contributed by atoms with van der Waals surface area (Å²) in [4.78, 5) is 14.4. The van der Waals surface area contributed by atoms with E-state index in [4.69, 9.17) is 25.8 Å². The molecule has 4 atom stereocenters. The third kappa shape index (κ3) is 9.17. The summed E-state index contributed by atoms with van der Waals surface area (Å²) < 4.78 is 33.3. The lowest BCUT2D eigenvalue weighted by molar-refractivity contribution is -0.119. The number of halogens is 2. The number of nitrogens with one attached hydrogen (secondary N) is 1. The second kappa shape index (κ2) is 17.7. The molecule has 304 valence electrons. The molecule has 1 amide bonds. The Morgan fingerprint density at radius 2 is 1.83 bits per heavy atom. The Kier molecular flexibility index (Phi) is 12.3. The van der Waals surface area contributed by atoms with E-state index in [1.165, 1.54) is 11.1 Å². The van der Waals surface area contributed by atoms with Crippen molar-refractivity contribution in [1.29, 1.82) is 5.26 Å². The number of carbonyl (C=O) groups excluding carboxylic acids is 1. The van der Waals surface area contributed by atoms with E-state index in [9.17, 15) is 14.4 Å². The number of likely N-dealkylation sites (tertiary alicyclic amines) is 1. The van der Waals surface area contributed by atoms with Gasteiger partial charge in [0, 0.05) is 43.7 Å². The van der Waals surface area contributed by atoms with Gasteiger partial charge in [-0.25, -0.2) is 4.39 Å². The van der Waals surface area contributed by atoms with Crippen LogP contribution in [0.25, 0.3) is 11.1 Å². The van der Waals surface area contributed by atoms with Crippen molar-refractivity contribution in [2.75, 3.05) is 32.8 Å². The quantitative estimate of drug-likeness (QED) is 0.163.